The van der Waals surface area contributed by atoms with Gasteiger partial charge in [0, 0.05) is 6.04 Å². The zero-order valence-corrected chi connectivity index (χ0v) is 8.34. The molecule has 2 rings (SSSR count). The molecule has 0 radical (unpaired) electrons. The van der Waals surface area contributed by atoms with Gasteiger partial charge in [-0.25, -0.2) is 0 Å². The summed E-state index contributed by atoms with van der Waals surface area (Å²) < 4.78 is 0. The van der Waals surface area contributed by atoms with Crippen LogP contribution in [-0.2, 0) is 0 Å². The van der Waals surface area contributed by atoms with Crippen LogP contribution in [-0.4, -0.2) is 13.1 Å². The van der Waals surface area contributed by atoms with Crippen LogP contribution in [0.25, 0.3) is 0 Å². The minimum Gasteiger partial charge on any atom is -0.316 e. The summed E-state index contributed by atoms with van der Waals surface area (Å²) in [6, 6.07) is 0.821. The molecule has 0 spiro atoms. The topological polar surface area (TPSA) is 12.0 Å². The molecule has 2 bridgehead atoms. The highest BCUT2D eigenvalue weighted by Gasteiger charge is 2.36. The van der Waals surface area contributed by atoms with Gasteiger partial charge >= 0.3 is 0 Å². The van der Waals surface area contributed by atoms with Crippen LogP contribution in [0.15, 0.2) is 0 Å². The second kappa shape index (κ2) is 3.37. The van der Waals surface area contributed by atoms with Crippen molar-refractivity contribution in [2.75, 3.05) is 7.05 Å². The lowest BCUT2D eigenvalue weighted by Gasteiger charge is -2.44. The summed E-state index contributed by atoms with van der Waals surface area (Å²) in [5.74, 6) is 2.99. The molecule has 0 aromatic carbocycles. The van der Waals surface area contributed by atoms with E-state index in [9.17, 15) is 0 Å². The third kappa shape index (κ3) is 1.39. The average molecular weight is 167 g/mol. The Morgan fingerprint density at radius 2 is 2.00 bits per heavy atom. The molecule has 0 saturated heterocycles. The van der Waals surface area contributed by atoms with Crippen LogP contribution in [0.5, 0.6) is 0 Å². The highest BCUT2D eigenvalue weighted by atomic mass is 14.9. The third-order valence-electron chi connectivity index (χ3n) is 3.98. The molecule has 1 N–H and O–H groups in total. The van der Waals surface area contributed by atoms with Gasteiger partial charge in [-0.1, -0.05) is 19.8 Å². The summed E-state index contributed by atoms with van der Waals surface area (Å²) in [7, 11) is 2.14. The van der Waals surface area contributed by atoms with Crippen molar-refractivity contribution in [3.8, 4) is 0 Å². The van der Waals surface area contributed by atoms with Gasteiger partial charge in [0.05, 0.1) is 0 Å². The molecule has 4 unspecified atom stereocenters. The van der Waals surface area contributed by atoms with Gasteiger partial charge in [-0.3, -0.25) is 0 Å². The van der Waals surface area contributed by atoms with E-state index in [4.69, 9.17) is 0 Å². The quantitative estimate of drug-likeness (QED) is 0.632. The fraction of sp³-hybridized carbons (Fsp3) is 1.00. The minimum absolute atomic E-state index is 0.821. The van der Waals surface area contributed by atoms with E-state index in [2.05, 4.69) is 19.3 Å². The van der Waals surface area contributed by atoms with Gasteiger partial charge in [0.2, 0.25) is 0 Å². The SMILES string of the molecule is CNC1C(C)CC2CCCC1C2. The molecule has 1 nitrogen and oxygen atoms in total. The van der Waals surface area contributed by atoms with Crippen LogP contribution in [0.4, 0.5) is 0 Å². The molecule has 2 aliphatic rings. The van der Waals surface area contributed by atoms with Crippen LogP contribution in [0.2, 0.25) is 0 Å². The van der Waals surface area contributed by atoms with E-state index in [1.807, 2.05) is 0 Å². The Labute approximate surface area is 75.9 Å². The molecular weight excluding hydrogens is 146 g/mol. The van der Waals surface area contributed by atoms with Crippen molar-refractivity contribution in [1.29, 1.82) is 0 Å². The van der Waals surface area contributed by atoms with Crippen molar-refractivity contribution in [3.63, 3.8) is 0 Å². The Bertz CT molecular complexity index is 153. The van der Waals surface area contributed by atoms with E-state index in [-0.39, 0.29) is 0 Å². The van der Waals surface area contributed by atoms with Gasteiger partial charge in [0.1, 0.15) is 0 Å². The molecule has 2 fully saturated rings. The maximum atomic E-state index is 3.51. The maximum Gasteiger partial charge on any atom is 0.0118 e. The fourth-order valence-electron chi connectivity index (χ4n) is 3.53. The van der Waals surface area contributed by atoms with Gasteiger partial charge in [-0.05, 0) is 44.1 Å². The minimum atomic E-state index is 0.821. The lowest BCUT2D eigenvalue weighted by molar-refractivity contribution is 0.102. The summed E-state index contributed by atoms with van der Waals surface area (Å²) in [5.41, 5.74) is 0. The zero-order chi connectivity index (χ0) is 8.55. The fourth-order valence-corrected chi connectivity index (χ4v) is 3.53. The second-order valence-corrected chi connectivity index (χ2v) is 4.82. The first kappa shape index (κ1) is 8.55. The van der Waals surface area contributed by atoms with Gasteiger partial charge in [0.25, 0.3) is 0 Å². The van der Waals surface area contributed by atoms with E-state index in [1.165, 1.54) is 32.1 Å². The Hall–Kier alpha value is -0.0400. The van der Waals surface area contributed by atoms with Crippen molar-refractivity contribution in [3.05, 3.63) is 0 Å². The van der Waals surface area contributed by atoms with Crippen LogP contribution < -0.4 is 5.32 Å². The maximum absolute atomic E-state index is 3.51. The molecule has 0 heterocycles. The Morgan fingerprint density at radius 1 is 1.17 bits per heavy atom. The molecule has 2 saturated carbocycles. The summed E-state index contributed by atoms with van der Waals surface area (Å²) in [6.07, 6.45) is 7.46. The Kier molecular flexibility index (Phi) is 2.40. The normalized spacial score (nSPS) is 47.5. The number of hydrogen-bond acceptors (Lipinski definition) is 1. The Morgan fingerprint density at radius 3 is 2.75 bits per heavy atom. The van der Waals surface area contributed by atoms with Crippen LogP contribution in [0, 0.1) is 17.8 Å². The first-order valence-electron chi connectivity index (χ1n) is 5.48. The molecule has 12 heavy (non-hydrogen) atoms. The number of fused-ring (bicyclic) bond motifs is 2. The monoisotopic (exact) mass is 167 g/mol. The van der Waals surface area contributed by atoms with E-state index in [0.717, 1.165) is 23.8 Å². The molecule has 0 aromatic rings. The van der Waals surface area contributed by atoms with Crippen LogP contribution >= 0.6 is 0 Å². The average Bonchev–Trinajstić information content (AvgIpc) is 2.04. The number of hydrogen-bond donors (Lipinski definition) is 1. The number of rotatable bonds is 1. The molecular formula is C11H21N. The molecule has 0 aliphatic heterocycles. The van der Waals surface area contributed by atoms with Crippen molar-refractivity contribution in [2.45, 2.75) is 45.1 Å². The highest BCUT2D eigenvalue weighted by molar-refractivity contribution is 4.91. The van der Waals surface area contributed by atoms with Gasteiger partial charge in [-0.2, -0.15) is 0 Å². The highest BCUT2D eigenvalue weighted by Crippen LogP contribution is 2.42. The lowest BCUT2D eigenvalue weighted by atomic mass is 9.66. The molecule has 70 valence electrons. The predicted octanol–water partition coefficient (Wildman–Crippen LogP) is 2.42. The first-order chi connectivity index (χ1) is 5.81. The van der Waals surface area contributed by atoms with Crippen molar-refractivity contribution < 1.29 is 0 Å². The van der Waals surface area contributed by atoms with Gasteiger partial charge in [-0.15, -0.1) is 0 Å². The largest absolute Gasteiger partial charge is 0.316 e. The smallest absolute Gasteiger partial charge is 0.0118 e. The second-order valence-electron chi connectivity index (χ2n) is 4.82. The Balaban J connectivity index is 2.05. The summed E-state index contributed by atoms with van der Waals surface area (Å²) in [5, 5.41) is 3.51. The number of nitrogens with one attached hydrogen (secondary N) is 1. The first-order valence-corrected chi connectivity index (χ1v) is 5.48. The molecule has 4 atom stereocenters. The van der Waals surface area contributed by atoms with Crippen molar-refractivity contribution in [2.24, 2.45) is 17.8 Å². The summed E-state index contributed by atoms with van der Waals surface area (Å²) in [6.45, 7) is 2.42. The van der Waals surface area contributed by atoms with E-state index >= 15 is 0 Å². The molecule has 1 heteroatoms. The third-order valence-corrected chi connectivity index (χ3v) is 3.98. The summed E-state index contributed by atoms with van der Waals surface area (Å²) in [4.78, 5) is 0. The van der Waals surface area contributed by atoms with Gasteiger partial charge < -0.3 is 5.32 Å². The van der Waals surface area contributed by atoms with Crippen molar-refractivity contribution in [1.82, 2.24) is 5.32 Å². The van der Waals surface area contributed by atoms with Gasteiger partial charge in [0.15, 0.2) is 0 Å². The summed E-state index contributed by atoms with van der Waals surface area (Å²) >= 11 is 0. The standard InChI is InChI=1S/C11H21N/c1-8-6-9-4-3-5-10(7-9)11(8)12-2/h8-12H,3-7H2,1-2H3. The molecule has 0 amide bonds. The molecule has 0 aromatic heterocycles. The van der Waals surface area contributed by atoms with E-state index in [0.29, 0.717) is 0 Å². The lowest BCUT2D eigenvalue weighted by Crippen LogP contribution is -2.45. The van der Waals surface area contributed by atoms with E-state index in [1.54, 1.807) is 0 Å². The molecule has 2 aliphatic carbocycles. The zero-order valence-electron chi connectivity index (χ0n) is 8.34. The van der Waals surface area contributed by atoms with Crippen molar-refractivity contribution >= 4 is 0 Å². The predicted molar refractivity (Wildman–Crippen MR) is 52.1 cm³/mol. The van der Waals surface area contributed by atoms with Crippen LogP contribution in [0.3, 0.4) is 0 Å². The van der Waals surface area contributed by atoms with Crippen LogP contribution in [0.1, 0.15) is 39.0 Å². The van der Waals surface area contributed by atoms with E-state index < -0.39 is 0 Å².